The second-order valence-electron chi connectivity index (χ2n) is 5.48. The van der Waals surface area contributed by atoms with Crippen LogP contribution in [0.15, 0.2) is 12.1 Å². The fourth-order valence-electron chi connectivity index (χ4n) is 1.58. The first-order chi connectivity index (χ1) is 7.78. The first-order valence-corrected chi connectivity index (χ1v) is 7.50. The highest BCUT2D eigenvalue weighted by Crippen LogP contribution is 2.24. The molecule has 0 bridgehead atoms. The molecule has 0 aliphatic rings. The number of hydrogen-bond acceptors (Lipinski definition) is 2. The molecule has 0 aliphatic heterocycles. The van der Waals surface area contributed by atoms with Crippen molar-refractivity contribution in [3.05, 3.63) is 21.9 Å². The van der Waals surface area contributed by atoms with E-state index in [2.05, 4.69) is 42.0 Å². The SMILES string of the molecule is Cc1ccc(C(=O)NCC(Br)CC(C)(C)C)s1. The van der Waals surface area contributed by atoms with Gasteiger partial charge < -0.3 is 5.32 Å². The number of thiophene rings is 1. The fourth-order valence-corrected chi connectivity index (χ4v) is 3.50. The summed E-state index contributed by atoms with van der Waals surface area (Å²) < 4.78 is 0. The van der Waals surface area contributed by atoms with E-state index in [1.807, 2.05) is 19.1 Å². The Labute approximate surface area is 116 Å². The lowest BCUT2D eigenvalue weighted by Gasteiger charge is -2.22. The van der Waals surface area contributed by atoms with Gasteiger partial charge in [0, 0.05) is 16.2 Å². The first kappa shape index (κ1) is 14.7. The van der Waals surface area contributed by atoms with Crippen LogP contribution < -0.4 is 5.32 Å². The Hall–Kier alpha value is -0.350. The molecule has 0 aliphatic carbocycles. The zero-order valence-corrected chi connectivity index (χ0v) is 13.2. The molecule has 17 heavy (non-hydrogen) atoms. The number of rotatable bonds is 4. The van der Waals surface area contributed by atoms with Gasteiger partial charge in [0.15, 0.2) is 0 Å². The average molecular weight is 318 g/mol. The summed E-state index contributed by atoms with van der Waals surface area (Å²) in [5.74, 6) is 0.0291. The van der Waals surface area contributed by atoms with Gasteiger partial charge in [-0.2, -0.15) is 0 Å². The van der Waals surface area contributed by atoms with Crippen molar-refractivity contribution in [3.8, 4) is 0 Å². The molecule has 1 amide bonds. The fraction of sp³-hybridized carbons (Fsp3) is 0.615. The molecule has 0 saturated heterocycles. The summed E-state index contributed by atoms with van der Waals surface area (Å²) in [5, 5.41) is 2.96. The van der Waals surface area contributed by atoms with Crippen molar-refractivity contribution in [2.24, 2.45) is 5.41 Å². The molecular formula is C13H20BrNOS. The number of amides is 1. The van der Waals surface area contributed by atoms with Crippen molar-refractivity contribution in [1.82, 2.24) is 5.32 Å². The summed E-state index contributed by atoms with van der Waals surface area (Å²) in [6, 6.07) is 3.85. The quantitative estimate of drug-likeness (QED) is 0.836. The van der Waals surface area contributed by atoms with Crippen LogP contribution in [0, 0.1) is 12.3 Å². The molecule has 1 N–H and O–H groups in total. The minimum absolute atomic E-state index is 0.0291. The third kappa shape index (κ3) is 5.68. The first-order valence-electron chi connectivity index (χ1n) is 5.76. The maximum Gasteiger partial charge on any atom is 0.261 e. The van der Waals surface area contributed by atoms with Crippen molar-refractivity contribution in [3.63, 3.8) is 0 Å². The lowest BCUT2D eigenvalue weighted by Crippen LogP contribution is -2.30. The van der Waals surface area contributed by atoms with Gasteiger partial charge in [-0.3, -0.25) is 4.79 Å². The van der Waals surface area contributed by atoms with E-state index in [0.717, 1.165) is 11.3 Å². The summed E-state index contributed by atoms with van der Waals surface area (Å²) in [6.45, 7) is 9.28. The molecular weight excluding hydrogens is 298 g/mol. The minimum atomic E-state index is 0.0291. The van der Waals surface area contributed by atoms with Gasteiger partial charge in [-0.05, 0) is 30.9 Å². The maximum absolute atomic E-state index is 11.8. The van der Waals surface area contributed by atoms with E-state index < -0.39 is 0 Å². The van der Waals surface area contributed by atoms with E-state index in [1.54, 1.807) is 0 Å². The van der Waals surface area contributed by atoms with E-state index in [1.165, 1.54) is 16.2 Å². The van der Waals surface area contributed by atoms with Crippen molar-refractivity contribution < 1.29 is 4.79 Å². The van der Waals surface area contributed by atoms with Crippen molar-refractivity contribution in [1.29, 1.82) is 0 Å². The van der Waals surface area contributed by atoms with Gasteiger partial charge >= 0.3 is 0 Å². The Morgan fingerprint density at radius 3 is 2.59 bits per heavy atom. The monoisotopic (exact) mass is 317 g/mol. The lowest BCUT2D eigenvalue weighted by atomic mass is 9.90. The third-order valence-corrected chi connectivity index (χ3v) is 3.93. The van der Waals surface area contributed by atoms with E-state index in [9.17, 15) is 4.79 Å². The van der Waals surface area contributed by atoms with Gasteiger partial charge in [-0.15, -0.1) is 11.3 Å². The number of aryl methyl sites for hydroxylation is 1. The standard InChI is InChI=1S/C13H20BrNOS/c1-9-5-6-11(17-9)12(16)15-8-10(14)7-13(2,3)4/h5-6,10H,7-8H2,1-4H3,(H,15,16). The summed E-state index contributed by atoms with van der Waals surface area (Å²) in [4.78, 5) is 14.1. The van der Waals surface area contributed by atoms with Gasteiger partial charge in [-0.1, -0.05) is 36.7 Å². The summed E-state index contributed by atoms with van der Waals surface area (Å²) in [7, 11) is 0. The van der Waals surface area contributed by atoms with Crippen LogP contribution in [0.3, 0.4) is 0 Å². The topological polar surface area (TPSA) is 29.1 Å². The predicted molar refractivity (Wildman–Crippen MR) is 78.2 cm³/mol. The molecule has 0 radical (unpaired) electrons. The molecule has 96 valence electrons. The molecule has 1 rings (SSSR count). The highest BCUT2D eigenvalue weighted by molar-refractivity contribution is 9.09. The highest BCUT2D eigenvalue weighted by Gasteiger charge is 2.17. The Morgan fingerprint density at radius 1 is 1.47 bits per heavy atom. The Bertz CT molecular complexity index is 381. The van der Waals surface area contributed by atoms with Crippen LogP contribution in [0.2, 0.25) is 0 Å². The van der Waals surface area contributed by atoms with Crippen LogP contribution >= 0.6 is 27.3 Å². The van der Waals surface area contributed by atoms with E-state index in [0.29, 0.717) is 11.4 Å². The molecule has 1 unspecified atom stereocenters. The molecule has 0 saturated carbocycles. The molecule has 1 aromatic rings. The molecule has 4 heteroatoms. The Morgan fingerprint density at radius 2 is 2.12 bits per heavy atom. The molecule has 2 nitrogen and oxygen atoms in total. The zero-order chi connectivity index (χ0) is 13.1. The molecule has 0 aromatic carbocycles. The van der Waals surface area contributed by atoms with Crippen LogP contribution in [-0.4, -0.2) is 17.3 Å². The Kier molecular flexibility index (Phi) is 5.20. The number of carbonyl (C=O) groups is 1. The van der Waals surface area contributed by atoms with E-state index in [4.69, 9.17) is 0 Å². The lowest BCUT2D eigenvalue weighted by molar-refractivity contribution is 0.0956. The third-order valence-electron chi connectivity index (χ3n) is 2.28. The smallest absolute Gasteiger partial charge is 0.261 e. The van der Waals surface area contributed by atoms with Crippen LogP contribution in [-0.2, 0) is 0 Å². The van der Waals surface area contributed by atoms with Crippen LogP contribution in [0.4, 0.5) is 0 Å². The van der Waals surface area contributed by atoms with Crippen LogP contribution in [0.25, 0.3) is 0 Å². The number of halogens is 1. The number of alkyl halides is 1. The maximum atomic E-state index is 11.8. The highest BCUT2D eigenvalue weighted by atomic mass is 79.9. The van der Waals surface area contributed by atoms with Crippen molar-refractivity contribution >= 4 is 33.2 Å². The van der Waals surface area contributed by atoms with Crippen molar-refractivity contribution in [2.75, 3.05) is 6.54 Å². The van der Waals surface area contributed by atoms with E-state index >= 15 is 0 Å². The van der Waals surface area contributed by atoms with Gasteiger partial charge in [-0.25, -0.2) is 0 Å². The molecule has 0 fully saturated rings. The Balaban J connectivity index is 2.38. The molecule has 1 aromatic heterocycles. The summed E-state index contributed by atoms with van der Waals surface area (Å²) in [5.41, 5.74) is 0.276. The van der Waals surface area contributed by atoms with Crippen molar-refractivity contribution in [2.45, 2.75) is 38.9 Å². The number of nitrogens with one attached hydrogen (secondary N) is 1. The summed E-state index contributed by atoms with van der Waals surface area (Å²) in [6.07, 6.45) is 1.04. The molecule has 0 spiro atoms. The number of hydrogen-bond donors (Lipinski definition) is 1. The zero-order valence-electron chi connectivity index (χ0n) is 10.8. The van der Waals surface area contributed by atoms with Gasteiger partial charge in [0.05, 0.1) is 4.88 Å². The minimum Gasteiger partial charge on any atom is -0.350 e. The van der Waals surface area contributed by atoms with Gasteiger partial charge in [0.2, 0.25) is 0 Å². The van der Waals surface area contributed by atoms with Gasteiger partial charge in [0.1, 0.15) is 0 Å². The molecule has 1 atom stereocenters. The largest absolute Gasteiger partial charge is 0.350 e. The van der Waals surface area contributed by atoms with Gasteiger partial charge in [0.25, 0.3) is 5.91 Å². The van der Waals surface area contributed by atoms with E-state index in [-0.39, 0.29) is 11.3 Å². The second-order valence-corrected chi connectivity index (χ2v) is 8.07. The average Bonchev–Trinajstić information content (AvgIpc) is 2.58. The second kappa shape index (κ2) is 6.01. The predicted octanol–water partition coefficient (Wildman–Crippen LogP) is 3.99. The normalized spacial score (nSPS) is 13.5. The van der Waals surface area contributed by atoms with Crippen LogP contribution in [0.5, 0.6) is 0 Å². The van der Waals surface area contributed by atoms with Crippen LogP contribution in [0.1, 0.15) is 41.7 Å². The summed E-state index contributed by atoms with van der Waals surface area (Å²) >= 11 is 5.14. The number of carbonyl (C=O) groups excluding carboxylic acids is 1. The molecule has 1 heterocycles.